The molecule has 1 fully saturated rings. The van der Waals surface area contributed by atoms with E-state index in [9.17, 15) is 14.0 Å². The second-order valence-corrected chi connectivity index (χ2v) is 8.71. The third kappa shape index (κ3) is 4.71. The molecule has 8 heteroatoms. The van der Waals surface area contributed by atoms with Crippen LogP contribution in [0.1, 0.15) is 16.1 Å². The van der Waals surface area contributed by atoms with Gasteiger partial charge in [-0.1, -0.05) is 30.3 Å². The Labute approximate surface area is 182 Å². The lowest BCUT2D eigenvalue weighted by Crippen LogP contribution is -2.47. The van der Waals surface area contributed by atoms with E-state index < -0.39 is 11.9 Å². The normalized spacial score (nSPS) is 15.9. The third-order valence-electron chi connectivity index (χ3n) is 4.79. The summed E-state index contributed by atoms with van der Waals surface area (Å²) in [6.07, 6.45) is 0.626. The summed E-state index contributed by atoms with van der Waals surface area (Å²) < 4.78 is 13.1. The fourth-order valence-electron chi connectivity index (χ4n) is 3.19. The van der Waals surface area contributed by atoms with Crippen molar-refractivity contribution in [2.45, 2.75) is 12.5 Å². The first kappa shape index (κ1) is 20.6. The van der Waals surface area contributed by atoms with Crippen LogP contribution in [-0.4, -0.2) is 45.9 Å². The number of thioether (sulfide) groups is 1. The van der Waals surface area contributed by atoms with Gasteiger partial charge in [0.1, 0.15) is 16.9 Å². The number of amides is 2. The second-order valence-electron chi connectivity index (χ2n) is 6.85. The molecular weight excluding hydrogens is 421 g/mol. The largest absolute Gasteiger partial charge is 0.354 e. The first-order valence-corrected chi connectivity index (χ1v) is 11.6. The van der Waals surface area contributed by atoms with Crippen LogP contribution in [0.4, 0.5) is 4.39 Å². The van der Waals surface area contributed by atoms with Crippen molar-refractivity contribution in [1.82, 2.24) is 15.2 Å². The lowest BCUT2D eigenvalue weighted by Gasteiger charge is -2.23. The van der Waals surface area contributed by atoms with E-state index in [1.54, 1.807) is 16.2 Å². The van der Waals surface area contributed by atoms with Gasteiger partial charge in [-0.05, 0) is 24.3 Å². The molecule has 2 aromatic carbocycles. The summed E-state index contributed by atoms with van der Waals surface area (Å²) in [5, 5.41) is 5.89. The van der Waals surface area contributed by atoms with Gasteiger partial charge in [0.05, 0.1) is 11.6 Å². The average Bonchev–Trinajstić information content (AvgIpc) is 3.44. The van der Waals surface area contributed by atoms with Gasteiger partial charge in [0.15, 0.2) is 0 Å². The summed E-state index contributed by atoms with van der Waals surface area (Å²) in [5.74, 6) is 0.171. The molecule has 5 nitrogen and oxygen atoms in total. The molecule has 3 aromatic rings. The van der Waals surface area contributed by atoms with Gasteiger partial charge >= 0.3 is 0 Å². The summed E-state index contributed by atoms with van der Waals surface area (Å²) in [6, 6.07) is 14.9. The molecule has 0 radical (unpaired) electrons. The molecule has 0 bridgehead atoms. The molecule has 0 aliphatic carbocycles. The Balaban J connectivity index is 1.32. The van der Waals surface area contributed by atoms with Gasteiger partial charge in [-0.15, -0.1) is 23.1 Å². The number of nitrogens with zero attached hydrogens (tertiary/aromatic N) is 2. The molecule has 1 atom stereocenters. The van der Waals surface area contributed by atoms with E-state index >= 15 is 0 Å². The molecule has 30 heavy (non-hydrogen) atoms. The van der Waals surface area contributed by atoms with Crippen LogP contribution in [0.5, 0.6) is 0 Å². The monoisotopic (exact) mass is 441 g/mol. The zero-order chi connectivity index (χ0) is 20.9. The molecule has 0 spiro atoms. The van der Waals surface area contributed by atoms with E-state index in [-0.39, 0.29) is 11.8 Å². The molecule has 1 saturated heterocycles. The highest BCUT2D eigenvalue weighted by Gasteiger charge is 2.34. The van der Waals surface area contributed by atoms with Crippen molar-refractivity contribution < 1.29 is 14.0 Å². The molecule has 1 aromatic heterocycles. The fraction of sp³-hybridized carbons (Fsp3) is 0.227. The maximum atomic E-state index is 13.1. The third-order valence-corrected chi connectivity index (χ3v) is 6.74. The van der Waals surface area contributed by atoms with Crippen LogP contribution in [0.3, 0.4) is 0 Å². The lowest BCUT2D eigenvalue weighted by molar-refractivity contribution is -0.124. The first-order chi connectivity index (χ1) is 14.6. The standard InChI is InChI=1S/C22H20FN3O2S2/c23-17-8-6-16(7-9-17)22(28)26-14-29-13-19(26)20(27)24-11-10-18-12-30-21(25-18)15-4-2-1-3-5-15/h1-9,12,19H,10-11,13-14H2,(H,24,27)/t19-/m1/s1. The van der Waals surface area contributed by atoms with Gasteiger partial charge in [-0.25, -0.2) is 9.37 Å². The van der Waals surface area contributed by atoms with Gasteiger partial charge in [-0.2, -0.15) is 0 Å². The quantitative estimate of drug-likeness (QED) is 0.632. The molecule has 0 unspecified atom stereocenters. The maximum absolute atomic E-state index is 13.1. The Hall–Kier alpha value is -2.71. The minimum absolute atomic E-state index is 0.172. The zero-order valence-electron chi connectivity index (χ0n) is 16.1. The first-order valence-electron chi connectivity index (χ1n) is 9.53. The van der Waals surface area contributed by atoms with Crippen LogP contribution >= 0.6 is 23.1 Å². The molecule has 0 saturated carbocycles. The van der Waals surface area contributed by atoms with E-state index in [1.807, 2.05) is 35.7 Å². The molecule has 154 valence electrons. The van der Waals surface area contributed by atoms with Crippen molar-refractivity contribution in [3.8, 4) is 10.6 Å². The van der Waals surface area contributed by atoms with Crippen LogP contribution in [0.25, 0.3) is 10.6 Å². The molecule has 2 amide bonds. The predicted octanol–water partition coefficient (Wildman–Crippen LogP) is 3.82. The second kappa shape index (κ2) is 9.40. The molecule has 1 aliphatic rings. The number of hydrogen-bond acceptors (Lipinski definition) is 5. The molecule has 4 rings (SSSR count). The highest BCUT2D eigenvalue weighted by Crippen LogP contribution is 2.24. The van der Waals surface area contributed by atoms with E-state index in [0.29, 0.717) is 30.2 Å². The molecule has 1 aliphatic heterocycles. The summed E-state index contributed by atoms with van der Waals surface area (Å²) in [7, 11) is 0. The molecular formula is C22H20FN3O2S2. The lowest BCUT2D eigenvalue weighted by atomic mass is 10.1. The van der Waals surface area contributed by atoms with Crippen LogP contribution in [0.2, 0.25) is 0 Å². The summed E-state index contributed by atoms with van der Waals surface area (Å²) in [6.45, 7) is 0.455. The molecule has 1 N–H and O–H groups in total. The van der Waals surface area contributed by atoms with Gasteiger partial charge < -0.3 is 10.2 Å². The summed E-state index contributed by atoms with van der Waals surface area (Å²) in [4.78, 5) is 31.6. The Morgan fingerprint density at radius 3 is 2.67 bits per heavy atom. The van der Waals surface area contributed by atoms with Crippen LogP contribution < -0.4 is 5.32 Å². The summed E-state index contributed by atoms with van der Waals surface area (Å²) >= 11 is 3.12. The SMILES string of the molecule is O=C(NCCc1csc(-c2ccccc2)n1)[C@H]1CSCN1C(=O)c1ccc(F)cc1. The minimum Gasteiger partial charge on any atom is -0.354 e. The van der Waals surface area contributed by atoms with Gasteiger partial charge in [0.25, 0.3) is 5.91 Å². The van der Waals surface area contributed by atoms with Gasteiger partial charge in [0, 0.05) is 35.2 Å². The van der Waals surface area contributed by atoms with Gasteiger partial charge in [0.2, 0.25) is 5.91 Å². The number of hydrogen-bond donors (Lipinski definition) is 1. The van der Waals surface area contributed by atoms with Gasteiger partial charge in [-0.3, -0.25) is 9.59 Å². The van der Waals surface area contributed by atoms with E-state index in [1.165, 1.54) is 36.0 Å². The van der Waals surface area contributed by atoms with Crippen molar-refractivity contribution in [2.75, 3.05) is 18.2 Å². The van der Waals surface area contributed by atoms with E-state index in [0.717, 1.165) is 16.3 Å². The zero-order valence-corrected chi connectivity index (χ0v) is 17.7. The number of aromatic nitrogens is 1. The Kier molecular flexibility index (Phi) is 6.44. The van der Waals surface area contributed by atoms with Crippen molar-refractivity contribution in [2.24, 2.45) is 0 Å². The Morgan fingerprint density at radius 2 is 1.90 bits per heavy atom. The maximum Gasteiger partial charge on any atom is 0.255 e. The number of rotatable bonds is 6. The number of thiazole rings is 1. The van der Waals surface area contributed by atoms with Crippen LogP contribution in [0.15, 0.2) is 60.0 Å². The number of nitrogens with one attached hydrogen (secondary N) is 1. The highest BCUT2D eigenvalue weighted by atomic mass is 32.2. The topological polar surface area (TPSA) is 62.3 Å². The average molecular weight is 442 g/mol. The van der Waals surface area contributed by atoms with E-state index in [2.05, 4.69) is 10.3 Å². The number of carbonyl (C=O) groups is 2. The summed E-state index contributed by atoms with van der Waals surface area (Å²) in [5.41, 5.74) is 2.39. The van der Waals surface area contributed by atoms with Crippen molar-refractivity contribution in [3.63, 3.8) is 0 Å². The minimum atomic E-state index is -0.525. The Morgan fingerprint density at radius 1 is 1.13 bits per heavy atom. The smallest absolute Gasteiger partial charge is 0.255 e. The number of halogens is 1. The number of carbonyl (C=O) groups excluding carboxylic acids is 2. The predicted molar refractivity (Wildman–Crippen MR) is 118 cm³/mol. The highest BCUT2D eigenvalue weighted by molar-refractivity contribution is 7.99. The van der Waals surface area contributed by atoms with Crippen molar-refractivity contribution in [3.05, 3.63) is 77.1 Å². The van der Waals surface area contributed by atoms with Crippen LogP contribution in [-0.2, 0) is 11.2 Å². The van der Waals surface area contributed by atoms with Crippen molar-refractivity contribution >= 4 is 34.9 Å². The Bertz CT molecular complexity index is 1020. The van der Waals surface area contributed by atoms with Crippen molar-refractivity contribution in [1.29, 1.82) is 0 Å². The fourth-order valence-corrected chi connectivity index (χ4v) is 5.20. The van der Waals surface area contributed by atoms with Crippen LogP contribution in [0, 0.1) is 5.82 Å². The van der Waals surface area contributed by atoms with E-state index in [4.69, 9.17) is 0 Å². The number of benzene rings is 2. The molecule has 2 heterocycles.